The minimum Gasteiger partial charge on any atom is -0.357 e. The fraction of sp³-hybridized carbons (Fsp3) is 0.706. The maximum absolute atomic E-state index is 12.2. The Bertz CT molecular complexity index is 688. The van der Waals surface area contributed by atoms with Crippen molar-refractivity contribution in [1.82, 2.24) is 15.1 Å². The highest BCUT2D eigenvalue weighted by molar-refractivity contribution is 14.0. The van der Waals surface area contributed by atoms with E-state index in [0.29, 0.717) is 19.6 Å². The van der Waals surface area contributed by atoms with Gasteiger partial charge in [-0.3, -0.25) is 4.99 Å². The Morgan fingerprint density at radius 1 is 1.46 bits per heavy atom. The van der Waals surface area contributed by atoms with E-state index in [2.05, 4.69) is 46.0 Å². The molecule has 150 valence electrons. The quantitative estimate of drug-likeness (QED) is 0.372. The maximum Gasteiger partial charge on any atom is 0.194 e. The van der Waals surface area contributed by atoms with E-state index in [9.17, 15) is 8.42 Å². The summed E-state index contributed by atoms with van der Waals surface area (Å²) in [6.07, 6.45) is 0. The van der Waals surface area contributed by atoms with E-state index in [0.717, 1.165) is 12.5 Å². The third-order valence-electron chi connectivity index (χ3n) is 4.64. The highest BCUT2D eigenvalue weighted by atomic mass is 127. The van der Waals surface area contributed by atoms with E-state index < -0.39 is 14.6 Å². The molecular formula is C17H31IN4O2S2. The van der Waals surface area contributed by atoms with Crippen molar-refractivity contribution >= 4 is 51.1 Å². The van der Waals surface area contributed by atoms with Gasteiger partial charge in [-0.15, -0.1) is 24.0 Å². The van der Waals surface area contributed by atoms with Gasteiger partial charge in [0.25, 0.3) is 0 Å². The van der Waals surface area contributed by atoms with Crippen molar-refractivity contribution in [1.29, 1.82) is 0 Å². The van der Waals surface area contributed by atoms with Gasteiger partial charge in [0.2, 0.25) is 0 Å². The highest BCUT2D eigenvalue weighted by Gasteiger charge is 2.41. The SMILES string of the molecule is CCNC(=NCC(c1ccsc1)N(C)C)N1CCS(=O)(=O)C(C)(C)C1.I. The van der Waals surface area contributed by atoms with Crippen LogP contribution in [0.1, 0.15) is 32.4 Å². The number of likely N-dealkylation sites (N-methyl/N-ethyl adjacent to an activating group) is 1. The standard InChI is InChI=1S/C17H30N4O2S2.HI/c1-6-18-16(21-8-10-25(22,23)17(2,3)13-21)19-11-15(20(4)5)14-7-9-24-12-14;/h7,9,12,15H,6,8,10-11,13H2,1-5H3,(H,18,19);1H. The molecule has 0 radical (unpaired) electrons. The molecule has 0 bridgehead atoms. The minimum absolute atomic E-state index is 0. The Kier molecular flexibility index (Phi) is 8.82. The van der Waals surface area contributed by atoms with E-state index >= 15 is 0 Å². The molecule has 1 fully saturated rings. The lowest BCUT2D eigenvalue weighted by atomic mass is 10.1. The molecule has 0 amide bonds. The molecule has 1 unspecified atom stereocenters. The molecule has 26 heavy (non-hydrogen) atoms. The van der Waals surface area contributed by atoms with E-state index in [1.165, 1.54) is 5.56 Å². The molecule has 2 heterocycles. The summed E-state index contributed by atoms with van der Waals surface area (Å²) in [4.78, 5) is 9.07. The van der Waals surface area contributed by atoms with Crippen LogP contribution in [0.25, 0.3) is 0 Å². The number of nitrogens with zero attached hydrogens (tertiary/aromatic N) is 3. The summed E-state index contributed by atoms with van der Waals surface area (Å²) in [5, 5.41) is 7.56. The van der Waals surface area contributed by atoms with Crippen LogP contribution in [0, 0.1) is 0 Å². The molecule has 1 atom stereocenters. The molecule has 6 nitrogen and oxygen atoms in total. The minimum atomic E-state index is -3.05. The van der Waals surface area contributed by atoms with Crippen molar-refractivity contribution in [2.45, 2.75) is 31.6 Å². The molecule has 1 N–H and O–H groups in total. The zero-order valence-electron chi connectivity index (χ0n) is 16.2. The van der Waals surface area contributed by atoms with Crippen LogP contribution in [-0.2, 0) is 9.84 Å². The molecule has 1 saturated heterocycles. The second-order valence-corrected chi connectivity index (χ2v) is 10.8. The van der Waals surface area contributed by atoms with Crippen LogP contribution < -0.4 is 5.32 Å². The van der Waals surface area contributed by atoms with Gasteiger partial charge in [-0.1, -0.05) is 0 Å². The van der Waals surface area contributed by atoms with Gasteiger partial charge in [-0.2, -0.15) is 11.3 Å². The summed E-state index contributed by atoms with van der Waals surface area (Å²) in [6.45, 7) is 7.97. The molecule has 1 aliphatic rings. The Morgan fingerprint density at radius 3 is 2.65 bits per heavy atom. The normalized spacial score (nSPS) is 20.5. The van der Waals surface area contributed by atoms with Crippen LogP contribution in [0.3, 0.4) is 0 Å². The van der Waals surface area contributed by atoms with Crippen LogP contribution >= 0.6 is 35.3 Å². The molecule has 9 heteroatoms. The van der Waals surface area contributed by atoms with Crippen molar-refractivity contribution in [2.75, 3.05) is 46.0 Å². The van der Waals surface area contributed by atoms with Crippen LogP contribution in [0.15, 0.2) is 21.8 Å². The number of aliphatic imine (C=N–C) groups is 1. The second-order valence-electron chi connectivity index (χ2n) is 7.23. The molecule has 0 saturated carbocycles. The van der Waals surface area contributed by atoms with E-state index in [4.69, 9.17) is 4.99 Å². The summed E-state index contributed by atoms with van der Waals surface area (Å²) in [7, 11) is 1.06. The number of sulfone groups is 1. The van der Waals surface area contributed by atoms with Crippen LogP contribution in [0.5, 0.6) is 0 Å². The molecule has 2 rings (SSSR count). The lowest BCUT2D eigenvalue weighted by Gasteiger charge is -2.39. The predicted octanol–water partition coefficient (Wildman–Crippen LogP) is 2.44. The first-order valence-electron chi connectivity index (χ1n) is 8.62. The average molecular weight is 514 g/mol. The number of nitrogens with one attached hydrogen (secondary N) is 1. The fourth-order valence-corrected chi connectivity index (χ4v) is 5.03. The first kappa shape index (κ1) is 23.6. The summed E-state index contributed by atoms with van der Waals surface area (Å²) in [5.74, 6) is 0.971. The number of thiophene rings is 1. The predicted molar refractivity (Wildman–Crippen MR) is 122 cm³/mol. The summed E-state index contributed by atoms with van der Waals surface area (Å²) < 4.78 is 23.7. The number of hydrogen-bond acceptors (Lipinski definition) is 5. The van der Waals surface area contributed by atoms with Gasteiger partial charge in [-0.05, 0) is 57.3 Å². The lowest BCUT2D eigenvalue weighted by molar-refractivity contribution is 0.303. The smallest absolute Gasteiger partial charge is 0.194 e. The zero-order valence-corrected chi connectivity index (χ0v) is 20.2. The van der Waals surface area contributed by atoms with E-state index in [-0.39, 0.29) is 35.8 Å². The number of hydrogen-bond donors (Lipinski definition) is 1. The molecule has 0 aliphatic carbocycles. The largest absolute Gasteiger partial charge is 0.357 e. The van der Waals surface area contributed by atoms with E-state index in [1.54, 1.807) is 25.2 Å². The topological polar surface area (TPSA) is 65.0 Å². The zero-order chi connectivity index (χ0) is 18.7. The molecule has 1 aliphatic heterocycles. The first-order valence-corrected chi connectivity index (χ1v) is 11.2. The van der Waals surface area contributed by atoms with Gasteiger partial charge in [-0.25, -0.2) is 8.42 Å². The lowest BCUT2D eigenvalue weighted by Crippen LogP contribution is -2.57. The Hall–Kier alpha value is -0.390. The van der Waals surface area contributed by atoms with Gasteiger partial charge in [0.1, 0.15) is 0 Å². The third-order valence-corrected chi connectivity index (χ3v) is 7.88. The monoisotopic (exact) mass is 514 g/mol. The number of halogens is 1. The van der Waals surface area contributed by atoms with Gasteiger partial charge >= 0.3 is 0 Å². The molecule has 1 aromatic rings. The average Bonchev–Trinajstić information content (AvgIpc) is 3.03. The van der Waals surface area contributed by atoms with Gasteiger partial charge in [0.15, 0.2) is 15.8 Å². The molecule has 0 aromatic carbocycles. The van der Waals surface area contributed by atoms with Crippen molar-refractivity contribution in [3.05, 3.63) is 22.4 Å². The molecular weight excluding hydrogens is 483 g/mol. The maximum atomic E-state index is 12.2. The van der Waals surface area contributed by atoms with Gasteiger partial charge < -0.3 is 15.1 Å². The fourth-order valence-electron chi connectivity index (χ4n) is 2.95. The summed E-state index contributed by atoms with van der Waals surface area (Å²) in [6, 6.07) is 2.34. The summed E-state index contributed by atoms with van der Waals surface area (Å²) in [5.41, 5.74) is 1.26. The van der Waals surface area contributed by atoms with Crippen LogP contribution in [0.2, 0.25) is 0 Å². The Morgan fingerprint density at radius 2 is 2.15 bits per heavy atom. The third kappa shape index (κ3) is 5.56. The first-order chi connectivity index (χ1) is 11.7. The van der Waals surface area contributed by atoms with Crippen LogP contribution in [0.4, 0.5) is 0 Å². The second kappa shape index (κ2) is 9.70. The van der Waals surface area contributed by atoms with Gasteiger partial charge in [0, 0.05) is 19.6 Å². The molecule has 1 aromatic heterocycles. The van der Waals surface area contributed by atoms with Crippen molar-refractivity contribution in [3.63, 3.8) is 0 Å². The van der Waals surface area contributed by atoms with Gasteiger partial charge in [0.05, 0.1) is 23.1 Å². The van der Waals surface area contributed by atoms with Crippen molar-refractivity contribution in [3.8, 4) is 0 Å². The van der Waals surface area contributed by atoms with Crippen molar-refractivity contribution in [2.24, 2.45) is 4.99 Å². The molecule has 0 spiro atoms. The highest BCUT2D eigenvalue weighted by Crippen LogP contribution is 2.24. The van der Waals surface area contributed by atoms with Crippen molar-refractivity contribution < 1.29 is 8.42 Å². The Labute approximate surface area is 179 Å². The number of rotatable bonds is 5. The summed E-state index contributed by atoms with van der Waals surface area (Å²) >= 11 is 1.69. The van der Waals surface area contributed by atoms with Crippen LogP contribution in [-0.4, -0.2) is 75.0 Å². The number of guanidine groups is 1. The Balaban J connectivity index is 0.00000338. The van der Waals surface area contributed by atoms with E-state index in [1.807, 2.05) is 6.92 Å².